The molecule has 2 bridgehead atoms. The van der Waals surface area contributed by atoms with Gasteiger partial charge in [0.25, 0.3) is 0 Å². The van der Waals surface area contributed by atoms with Gasteiger partial charge in [-0.15, -0.1) is 0 Å². The highest BCUT2D eigenvalue weighted by molar-refractivity contribution is 5.78. The maximum Gasteiger partial charge on any atom is 0.234 e. The van der Waals surface area contributed by atoms with Crippen LogP contribution >= 0.6 is 0 Å². The standard InChI is InChI=1S/C14H20N2O3/c17-12-6-10-3-4-11(7-12)16(10)9-14(18)15-8-13-2-1-5-19-13/h1-2,5,10-12,17H,3-4,6-9H2,(H,15,18). The van der Waals surface area contributed by atoms with Crippen LogP contribution in [-0.2, 0) is 11.3 Å². The Morgan fingerprint density at radius 1 is 1.42 bits per heavy atom. The largest absolute Gasteiger partial charge is 0.467 e. The molecule has 2 saturated heterocycles. The maximum absolute atomic E-state index is 11.9. The van der Waals surface area contributed by atoms with E-state index in [0.717, 1.165) is 31.4 Å². The lowest BCUT2D eigenvalue weighted by atomic mass is 10.00. The molecule has 0 aliphatic carbocycles. The van der Waals surface area contributed by atoms with Crippen LogP contribution < -0.4 is 5.32 Å². The second-order valence-corrected chi connectivity index (χ2v) is 5.54. The lowest BCUT2D eigenvalue weighted by Crippen LogP contribution is -2.48. The summed E-state index contributed by atoms with van der Waals surface area (Å²) in [5.74, 6) is 0.801. The van der Waals surface area contributed by atoms with E-state index in [2.05, 4.69) is 10.2 Å². The summed E-state index contributed by atoms with van der Waals surface area (Å²) in [4.78, 5) is 14.2. The molecule has 2 fully saturated rings. The average Bonchev–Trinajstić information content (AvgIpc) is 2.96. The number of carbonyl (C=O) groups is 1. The van der Waals surface area contributed by atoms with E-state index >= 15 is 0 Å². The number of aliphatic hydroxyl groups excluding tert-OH is 1. The quantitative estimate of drug-likeness (QED) is 0.847. The van der Waals surface area contributed by atoms with Crippen LogP contribution in [0, 0.1) is 0 Å². The fraction of sp³-hybridized carbons (Fsp3) is 0.643. The third-order valence-electron chi connectivity index (χ3n) is 4.23. The van der Waals surface area contributed by atoms with Crippen molar-refractivity contribution in [2.75, 3.05) is 6.54 Å². The monoisotopic (exact) mass is 264 g/mol. The lowest BCUT2D eigenvalue weighted by Gasteiger charge is -2.36. The van der Waals surface area contributed by atoms with E-state index in [-0.39, 0.29) is 12.0 Å². The first-order chi connectivity index (χ1) is 9.22. The van der Waals surface area contributed by atoms with Gasteiger partial charge in [-0.1, -0.05) is 0 Å². The molecular formula is C14H20N2O3. The van der Waals surface area contributed by atoms with Crippen molar-refractivity contribution in [1.82, 2.24) is 10.2 Å². The van der Waals surface area contributed by atoms with Gasteiger partial charge >= 0.3 is 0 Å². The van der Waals surface area contributed by atoms with E-state index in [9.17, 15) is 9.90 Å². The van der Waals surface area contributed by atoms with Crippen molar-refractivity contribution in [3.63, 3.8) is 0 Å². The average molecular weight is 264 g/mol. The zero-order valence-corrected chi connectivity index (χ0v) is 10.9. The molecule has 19 heavy (non-hydrogen) atoms. The summed E-state index contributed by atoms with van der Waals surface area (Å²) in [5, 5.41) is 12.6. The Bertz CT molecular complexity index is 418. The van der Waals surface area contributed by atoms with E-state index < -0.39 is 0 Å². The first-order valence-corrected chi connectivity index (χ1v) is 6.95. The number of hydrogen-bond donors (Lipinski definition) is 2. The van der Waals surface area contributed by atoms with Crippen molar-refractivity contribution in [2.45, 2.75) is 50.4 Å². The van der Waals surface area contributed by atoms with Crippen LogP contribution in [0.5, 0.6) is 0 Å². The van der Waals surface area contributed by atoms with Crippen molar-refractivity contribution in [2.24, 2.45) is 0 Å². The van der Waals surface area contributed by atoms with Gasteiger partial charge in [-0.3, -0.25) is 9.69 Å². The summed E-state index contributed by atoms with van der Waals surface area (Å²) in [6.45, 7) is 0.875. The predicted molar refractivity (Wildman–Crippen MR) is 69.3 cm³/mol. The van der Waals surface area contributed by atoms with Gasteiger partial charge in [0, 0.05) is 12.1 Å². The SMILES string of the molecule is O=C(CN1C2CCC1CC(O)C2)NCc1ccco1. The molecule has 5 heteroatoms. The Labute approximate surface area is 112 Å². The maximum atomic E-state index is 11.9. The predicted octanol–water partition coefficient (Wildman–Crippen LogP) is 0.883. The fourth-order valence-corrected chi connectivity index (χ4v) is 3.32. The molecule has 2 aliphatic rings. The molecule has 2 N–H and O–H groups in total. The molecular weight excluding hydrogens is 244 g/mol. The molecule has 1 aromatic heterocycles. The summed E-state index contributed by atoms with van der Waals surface area (Å²) >= 11 is 0. The van der Waals surface area contributed by atoms with Crippen LogP contribution in [0.25, 0.3) is 0 Å². The highest BCUT2D eigenvalue weighted by Gasteiger charge is 2.40. The number of nitrogens with zero attached hydrogens (tertiary/aromatic N) is 1. The lowest BCUT2D eigenvalue weighted by molar-refractivity contribution is -0.124. The molecule has 0 spiro atoms. The van der Waals surface area contributed by atoms with Gasteiger partial charge in [0.1, 0.15) is 5.76 Å². The van der Waals surface area contributed by atoms with Gasteiger partial charge in [-0.2, -0.15) is 0 Å². The molecule has 104 valence electrons. The minimum Gasteiger partial charge on any atom is -0.467 e. The van der Waals surface area contributed by atoms with Gasteiger partial charge < -0.3 is 14.8 Å². The third-order valence-corrected chi connectivity index (χ3v) is 4.23. The van der Waals surface area contributed by atoms with Crippen molar-refractivity contribution in [3.05, 3.63) is 24.2 Å². The summed E-state index contributed by atoms with van der Waals surface area (Å²) in [6, 6.07) is 4.42. The topological polar surface area (TPSA) is 65.7 Å². The van der Waals surface area contributed by atoms with Gasteiger partial charge in [0.2, 0.25) is 5.91 Å². The molecule has 1 aromatic rings. The summed E-state index contributed by atoms with van der Waals surface area (Å²) in [5.41, 5.74) is 0. The third kappa shape index (κ3) is 2.82. The number of nitrogens with one attached hydrogen (secondary N) is 1. The fourth-order valence-electron chi connectivity index (χ4n) is 3.32. The van der Waals surface area contributed by atoms with Crippen LogP contribution in [0.2, 0.25) is 0 Å². The number of piperidine rings is 1. The number of fused-ring (bicyclic) bond motifs is 2. The summed E-state index contributed by atoms with van der Waals surface area (Å²) in [7, 11) is 0. The Kier molecular flexibility index (Phi) is 3.57. The number of rotatable bonds is 4. The van der Waals surface area contributed by atoms with E-state index in [0.29, 0.717) is 25.2 Å². The van der Waals surface area contributed by atoms with Crippen LogP contribution in [0.4, 0.5) is 0 Å². The molecule has 5 nitrogen and oxygen atoms in total. The zero-order valence-electron chi connectivity index (χ0n) is 10.9. The highest BCUT2D eigenvalue weighted by atomic mass is 16.3. The molecule has 3 heterocycles. The Morgan fingerprint density at radius 2 is 2.16 bits per heavy atom. The van der Waals surface area contributed by atoms with E-state index in [1.807, 2.05) is 12.1 Å². The normalized spacial score (nSPS) is 30.5. The first kappa shape index (κ1) is 12.7. The van der Waals surface area contributed by atoms with Crippen molar-refractivity contribution in [3.8, 4) is 0 Å². The molecule has 1 amide bonds. The number of aliphatic hydroxyl groups is 1. The van der Waals surface area contributed by atoms with E-state index in [1.54, 1.807) is 6.26 Å². The molecule has 0 aromatic carbocycles. The van der Waals surface area contributed by atoms with Gasteiger partial charge in [-0.25, -0.2) is 0 Å². The van der Waals surface area contributed by atoms with Gasteiger partial charge in [0.05, 0.1) is 25.5 Å². The van der Waals surface area contributed by atoms with Crippen molar-refractivity contribution < 1.29 is 14.3 Å². The number of amides is 1. The van der Waals surface area contributed by atoms with E-state index in [1.165, 1.54) is 0 Å². The van der Waals surface area contributed by atoms with Crippen molar-refractivity contribution >= 4 is 5.91 Å². The second-order valence-electron chi connectivity index (χ2n) is 5.54. The minimum atomic E-state index is -0.181. The molecule has 3 rings (SSSR count). The Morgan fingerprint density at radius 3 is 2.79 bits per heavy atom. The number of carbonyl (C=O) groups excluding carboxylic acids is 1. The van der Waals surface area contributed by atoms with Crippen LogP contribution in [0.3, 0.4) is 0 Å². The van der Waals surface area contributed by atoms with Crippen LogP contribution in [0.1, 0.15) is 31.4 Å². The Hall–Kier alpha value is -1.33. The van der Waals surface area contributed by atoms with Gasteiger partial charge in [-0.05, 0) is 37.8 Å². The van der Waals surface area contributed by atoms with E-state index in [4.69, 9.17) is 4.42 Å². The van der Waals surface area contributed by atoms with Gasteiger partial charge in [0.15, 0.2) is 0 Å². The number of furan rings is 1. The van der Waals surface area contributed by atoms with Crippen molar-refractivity contribution in [1.29, 1.82) is 0 Å². The molecule has 2 unspecified atom stereocenters. The summed E-state index contributed by atoms with van der Waals surface area (Å²) < 4.78 is 5.18. The highest BCUT2D eigenvalue weighted by Crippen LogP contribution is 2.35. The number of hydrogen-bond acceptors (Lipinski definition) is 4. The second kappa shape index (κ2) is 5.35. The molecule has 2 atom stereocenters. The van der Waals surface area contributed by atoms with Crippen LogP contribution in [0.15, 0.2) is 22.8 Å². The summed E-state index contributed by atoms with van der Waals surface area (Å²) in [6.07, 6.45) is 5.25. The molecule has 2 aliphatic heterocycles. The van der Waals surface area contributed by atoms with Crippen LogP contribution in [-0.4, -0.2) is 40.6 Å². The minimum absolute atomic E-state index is 0.0321. The Balaban J connectivity index is 1.50. The first-order valence-electron chi connectivity index (χ1n) is 6.95. The zero-order chi connectivity index (χ0) is 13.2. The smallest absolute Gasteiger partial charge is 0.234 e. The molecule has 0 radical (unpaired) electrons. The molecule has 0 saturated carbocycles.